The zero-order chi connectivity index (χ0) is 69.1. The summed E-state index contributed by atoms with van der Waals surface area (Å²) in [5.41, 5.74) is 0. The first-order valence-corrected chi connectivity index (χ1v) is 41.5. The zero-order valence-corrected chi connectivity index (χ0v) is 62.4. The monoisotopic (exact) mass is 1380 g/mol. The van der Waals surface area contributed by atoms with Crippen LogP contribution in [-0.4, -0.2) is 96.7 Å². The molecule has 94 heavy (non-hydrogen) atoms. The standard InChI is InChI=1S/C75H142O17P2/c1-6-10-13-16-19-22-24-26-28-29-30-31-32-33-35-37-39-41-44-50-55-60-74(79)91-70(64-86-73(78)59-54-49-43-40-38-36-34-27-25-23-20-17-14-11-7-2)66-89-93(81,82)87-62-69(76)63-88-94(83,84)90-67-71(65-85-72(77)58-53-48-42-21-18-15-12-8-3)92-75(80)61-56-51-46-45-47-52-57-68(5)9-4/h23,25,27,34,68-71,76H,6-22,24,26,28-33,35-67H2,1-5H3,(H,81,82)(H,83,84)/b25-23-,34-27-/t68?,69-,70-,71-/m1/s1. The average molecular weight is 1380 g/mol. The van der Waals surface area contributed by atoms with Crippen molar-refractivity contribution in [1.29, 1.82) is 0 Å². The Bertz CT molecular complexity index is 1900. The molecular formula is C75H142O17P2. The molecule has 3 unspecified atom stereocenters. The van der Waals surface area contributed by atoms with Gasteiger partial charge in [-0.1, -0.05) is 316 Å². The van der Waals surface area contributed by atoms with Crippen molar-refractivity contribution in [2.45, 2.75) is 387 Å². The van der Waals surface area contributed by atoms with Crippen LogP contribution in [-0.2, 0) is 65.4 Å². The molecular weight excluding hydrogens is 1230 g/mol. The van der Waals surface area contributed by atoms with Crippen LogP contribution in [0, 0.1) is 5.92 Å². The maximum absolute atomic E-state index is 13.1. The first kappa shape index (κ1) is 91.5. The Labute approximate surface area is 573 Å². The number of esters is 4. The van der Waals surface area contributed by atoms with Crippen LogP contribution in [0.15, 0.2) is 24.3 Å². The Hall–Kier alpha value is -2.46. The van der Waals surface area contributed by atoms with E-state index in [0.29, 0.717) is 25.7 Å². The quantitative estimate of drug-likeness (QED) is 0.0169. The SMILES string of the molecule is CCCCCC/C=C\C=C/CCCCCCCC(=O)OC[C@H](COP(=O)(O)OC[C@@H](O)COP(=O)(O)OC[C@@H](COC(=O)CCCCCCCCCC)OC(=O)CCCCCCCCC(C)CC)OC(=O)CCCCCCCCCCCCCCCCCCCCCCC. The largest absolute Gasteiger partial charge is 0.472 e. The normalized spacial score (nSPS) is 14.4. The molecule has 0 saturated heterocycles. The smallest absolute Gasteiger partial charge is 0.462 e. The van der Waals surface area contributed by atoms with Crippen LogP contribution in [0.4, 0.5) is 0 Å². The summed E-state index contributed by atoms with van der Waals surface area (Å²) >= 11 is 0. The molecule has 0 amide bonds. The molecule has 0 aliphatic carbocycles. The number of aliphatic hydroxyl groups excluding tert-OH is 1. The van der Waals surface area contributed by atoms with E-state index in [1.807, 2.05) is 0 Å². The first-order chi connectivity index (χ1) is 45.6. The average Bonchev–Trinajstić information content (AvgIpc) is 3.19. The predicted octanol–water partition coefficient (Wildman–Crippen LogP) is 21.6. The number of rotatable bonds is 73. The minimum Gasteiger partial charge on any atom is -0.462 e. The van der Waals surface area contributed by atoms with Crippen molar-refractivity contribution in [3.05, 3.63) is 24.3 Å². The molecule has 0 aliphatic rings. The van der Waals surface area contributed by atoms with Crippen LogP contribution in [0.3, 0.4) is 0 Å². The van der Waals surface area contributed by atoms with E-state index in [0.717, 1.165) is 121 Å². The fraction of sp³-hybridized carbons (Fsp3) is 0.893. The number of phosphoric ester groups is 2. The van der Waals surface area contributed by atoms with Gasteiger partial charge in [-0.2, -0.15) is 0 Å². The molecule has 17 nitrogen and oxygen atoms in total. The van der Waals surface area contributed by atoms with Gasteiger partial charge in [0, 0.05) is 25.7 Å². The molecule has 0 bridgehead atoms. The van der Waals surface area contributed by atoms with Crippen LogP contribution in [0.1, 0.15) is 369 Å². The summed E-state index contributed by atoms with van der Waals surface area (Å²) in [4.78, 5) is 72.6. The molecule has 0 aromatic rings. The summed E-state index contributed by atoms with van der Waals surface area (Å²) in [6.07, 6.45) is 59.4. The van der Waals surface area contributed by atoms with Crippen molar-refractivity contribution in [2.24, 2.45) is 5.92 Å². The zero-order valence-electron chi connectivity index (χ0n) is 60.6. The van der Waals surface area contributed by atoms with Crippen molar-refractivity contribution in [3.63, 3.8) is 0 Å². The summed E-state index contributed by atoms with van der Waals surface area (Å²) in [6, 6.07) is 0. The van der Waals surface area contributed by atoms with Gasteiger partial charge in [0.05, 0.1) is 26.4 Å². The molecule has 0 spiro atoms. The van der Waals surface area contributed by atoms with Gasteiger partial charge in [-0.3, -0.25) is 37.3 Å². The van der Waals surface area contributed by atoms with E-state index in [4.69, 9.17) is 37.0 Å². The van der Waals surface area contributed by atoms with Crippen molar-refractivity contribution < 1.29 is 80.2 Å². The number of aliphatic hydroxyl groups is 1. The topological polar surface area (TPSA) is 237 Å². The number of phosphoric acid groups is 2. The van der Waals surface area contributed by atoms with Gasteiger partial charge in [-0.05, 0) is 57.3 Å². The summed E-state index contributed by atoms with van der Waals surface area (Å²) in [5, 5.41) is 10.6. The van der Waals surface area contributed by atoms with Gasteiger partial charge in [0.2, 0.25) is 0 Å². The lowest BCUT2D eigenvalue weighted by atomic mass is 10.00. The molecule has 3 N–H and O–H groups in total. The second-order valence-electron chi connectivity index (χ2n) is 26.6. The predicted molar refractivity (Wildman–Crippen MR) is 381 cm³/mol. The molecule has 0 radical (unpaired) electrons. The highest BCUT2D eigenvalue weighted by atomic mass is 31.2. The Kier molecular flexibility index (Phi) is 65.9. The number of allylic oxidation sites excluding steroid dienone is 4. The molecule has 0 aromatic heterocycles. The van der Waals surface area contributed by atoms with E-state index in [-0.39, 0.29) is 25.7 Å². The molecule has 0 aliphatic heterocycles. The van der Waals surface area contributed by atoms with Gasteiger partial charge < -0.3 is 33.8 Å². The summed E-state index contributed by atoms with van der Waals surface area (Å²) in [5.74, 6) is -1.43. The van der Waals surface area contributed by atoms with Gasteiger partial charge in [0.25, 0.3) is 0 Å². The number of unbranched alkanes of at least 4 members (excludes halogenated alkanes) is 41. The third-order valence-corrected chi connectivity index (χ3v) is 19.2. The molecule has 0 heterocycles. The lowest BCUT2D eigenvalue weighted by Gasteiger charge is -2.21. The highest BCUT2D eigenvalue weighted by Crippen LogP contribution is 2.45. The van der Waals surface area contributed by atoms with Gasteiger partial charge in [-0.15, -0.1) is 0 Å². The lowest BCUT2D eigenvalue weighted by molar-refractivity contribution is -0.161. The Morgan fingerprint density at radius 3 is 0.904 bits per heavy atom. The van der Waals surface area contributed by atoms with Crippen molar-refractivity contribution in [3.8, 4) is 0 Å². The van der Waals surface area contributed by atoms with Crippen LogP contribution in [0.25, 0.3) is 0 Å². The van der Waals surface area contributed by atoms with E-state index < -0.39 is 97.5 Å². The van der Waals surface area contributed by atoms with Crippen molar-refractivity contribution >= 4 is 39.5 Å². The molecule has 0 aromatic carbocycles. The van der Waals surface area contributed by atoms with Gasteiger partial charge >= 0.3 is 39.5 Å². The maximum atomic E-state index is 13.1. The molecule has 19 heteroatoms. The lowest BCUT2D eigenvalue weighted by Crippen LogP contribution is -2.30. The molecule has 0 saturated carbocycles. The third kappa shape index (κ3) is 66.8. The summed E-state index contributed by atoms with van der Waals surface area (Å²) < 4.78 is 68.3. The van der Waals surface area contributed by atoms with E-state index >= 15 is 0 Å². The second kappa shape index (κ2) is 67.7. The number of carbonyl (C=O) groups is 4. The van der Waals surface area contributed by atoms with E-state index in [9.17, 15) is 43.2 Å². The number of ether oxygens (including phenoxy) is 4. The van der Waals surface area contributed by atoms with E-state index in [2.05, 4.69) is 58.9 Å². The number of hydrogen-bond acceptors (Lipinski definition) is 15. The van der Waals surface area contributed by atoms with Gasteiger partial charge in [0.1, 0.15) is 19.3 Å². The summed E-state index contributed by atoms with van der Waals surface area (Å²) in [7, 11) is -9.91. The maximum Gasteiger partial charge on any atom is 0.472 e. The highest BCUT2D eigenvalue weighted by molar-refractivity contribution is 7.47. The van der Waals surface area contributed by atoms with Crippen LogP contribution >= 0.6 is 15.6 Å². The van der Waals surface area contributed by atoms with E-state index in [1.54, 1.807) is 0 Å². The number of hydrogen-bond donors (Lipinski definition) is 3. The minimum atomic E-state index is -4.96. The fourth-order valence-electron chi connectivity index (χ4n) is 11.0. The highest BCUT2D eigenvalue weighted by Gasteiger charge is 2.30. The molecule has 6 atom stereocenters. The van der Waals surface area contributed by atoms with Crippen molar-refractivity contribution in [2.75, 3.05) is 39.6 Å². The number of carbonyl (C=O) groups excluding carboxylic acids is 4. The van der Waals surface area contributed by atoms with Gasteiger partial charge in [0.15, 0.2) is 12.2 Å². The Balaban J connectivity index is 5.21. The molecule has 0 fully saturated rings. The van der Waals surface area contributed by atoms with Crippen LogP contribution in [0.5, 0.6) is 0 Å². The Morgan fingerprint density at radius 2 is 0.596 bits per heavy atom. The van der Waals surface area contributed by atoms with Crippen molar-refractivity contribution in [1.82, 2.24) is 0 Å². The fourth-order valence-corrected chi connectivity index (χ4v) is 12.5. The van der Waals surface area contributed by atoms with Crippen LogP contribution in [0.2, 0.25) is 0 Å². The third-order valence-electron chi connectivity index (χ3n) is 17.3. The first-order valence-electron chi connectivity index (χ1n) is 38.5. The minimum absolute atomic E-state index is 0.101. The molecule has 554 valence electrons. The van der Waals surface area contributed by atoms with Crippen LogP contribution < -0.4 is 0 Å². The molecule has 0 rings (SSSR count). The van der Waals surface area contributed by atoms with Gasteiger partial charge in [-0.25, -0.2) is 9.13 Å². The second-order valence-corrected chi connectivity index (χ2v) is 29.5. The Morgan fingerprint density at radius 1 is 0.340 bits per heavy atom. The van der Waals surface area contributed by atoms with E-state index in [1.165, 1.54) is 167 Å². The summed E-state index contributed by atoms with van der Waals surface area (Å²) in [6.45, 7) is 7.13.